The van der Waals surface area contributed by atoms with Gasteiger partial charge in [0.25, 0.3) is 0 Å². The molecule has 0 unspecified atom stereocenters. The number of likely N-dealkylation sites (N-methyl/N-ethyl adjacent to an activating group) is 1. The maximum Gasteiger partial charge on any atom is 0.337 e. The summed E-state index contributed by atoms with van der Waals surface area (Å²) < 4.78 is 46.2. The van der Waals surface area contributed by atoms with Gasteiger partial charge in [-0.1, -0.05) is 30.3 Å². The molecule has 0 radical (unpaired) electrons. The van der Waals surface area contributed by atoms with Crippen molar-refractivity contribution in [2.75, 3.05) is 14.2 Å². The van der Waals surface area contributed by atoms with Crippen molar-refractivity contribution in [2.24, 2.45) is 0 Å². The lowest BCUT2D eigenvalue weighted by Crippen LogP contribution is -2.43. The Morgan fingerprint density at radius 2 is 2.00 bits per heavy atom. The molecule has 3 heterocycles. The second-order valence-electron chi connectivity index (χ2n) is 7.12. The molecule has 3 aromatic rings. The van der Waals surface area contributed by atoms with Crippen LogP contribution in [-0.4, -0.2) is 63.3 Å². The third kappa shape index (κ3) is 4.07. The average Bonchev–Trinajstić information content (AvgIpc) is 3.35. The van der Waals surface area contributed by atoms with Crippen LogP contribution in [0.15, 0.2) is 43.0 Å². The molecule has 160 valence electrons. The highest BCUT2D eigenvalue weighted by molar-refractivity contribution is 7.83. The van der Waals surface area contributed by atoms with Crippen LogP contribution in [0.25, 0.3) is 11.2 Å². The Kier molecular flexibility index (Phi) is 5.80. The van der Waals surface area contributed by atoms with E-state index in [2.05, 4.69) is 27.1 Å². The summed E-state index contributed by atoms with van der Waals surface area (Å²) in [7, 11) is -1.72. The van der Waals surface area contributed by atoms with Crippen molar-refractivity contribution < 1.29 is 22.4 Å². The molecule has 1 saturated heterocycles. The number of hydrogen-bond donors (Lipinski definition) is 1. The lowest BCUT2D eigenvalue weighted by Gasteiger charge is -2.24. The first-order valence-corrected chi connectivity index (χ1v) is 10.9. The van der Waals surface area contributed by atoms with Crippen LogP contribution < -0.4 is 0 Å². The van der Waals surface area contributed by atoms with Crippen LogP contribution in [0.1, 0.15) is 23.9 Å². The molecule has 4 rings (SSSR count). The van der Waals surface area contributed by atoms with Crippen molar-refractivity contribution in [3.63, 3.8) is 0 Å². The maximum absolute atomic E-state index is 11.5. The molecule has 1 aromatic carbocycles. The number of ether oxygens (including phenoxy) is 2. The summed E-state index contributed by atoms with van der Waals surface area (Å²) in [5.41, 5.74) is 3.32. The number of imidazole rings is 1. The fraction of sp³-hybridized carbons (Fsp3) is 0.421. The fourth-order valence-corrected chi connectivity index (χ4v) is 4.11. The molecule has 0 saturated carbocycles. The molecular weight excluding hydrogens is 410 g/mol. The van der Waals surface area contributed by atoms with Crippen LogP contribution >= 0.6 is 0 Å². The molecule has 3 atom stereocenters. The Morgan fingerprint density at radius 3 is 2.70 bits per heavy atom. The molecule has 0 bridgehead atoms. The molecule has 1 aliphatic heterocycles. The summed E-state index contributed by atoms with van der Waals surface area (Å²) in [6.45, 7) is 0. The minimum atomic E-state index is -4.43. The van der Waals surface area contributed by atoms with E-state index >= 15 is 0 Å². The zero-order valence-electron chi connectivity index (χ0n) is 16.6. The van der Waals surface area contributed by atoms with E-state index in [1.807, 2.05) is 18.2 Å². The molecule has 11 heteroatoms. The number of methoxy groups -OCH3 is 1. The average molecular weight is 433 g/mol. The summed E-state index contributed by atoms with van der Waals surface area (Å²) in [6.07, 6.45) is 2.93. The van der Waals surface area contributed by atoms with Gasteiger partial charge in [-0.3, -0.25) is 9.12 Å². The van der Waals surface area contributed by atoms with Crippen molar-refractivity contribution in [2.45, 2.75) is 37.8 Å². The molecule has 1 aliphatic rings. The van der Waals surface area contributed by atoms with Gasteiger partial charge in [0.2, 0.25) is 0 Å². The van der Waals surface area contributed by atoms with Crippen LogP contribution in [0.3, 0.4) is 0 Å². The summed E-state index contributed by atoms with van der Waals surface area (Å²) in [5, 5.41) is 0. The highest BCUT2D eigenvalue weighted by Gasteiger charge is 2.43. The Labute approximate surface area is 174 Å². The lowest BCUT2D eigenvalue weighted by atomic mass is 10.1. The van der Waals surface area contributed by atoms with Gasteiger partial charge in [0.1, 0.15) is 24.2 Å². The highest BCUT2D eigenvalue weighted by atomic mass is 32.2. The molecule has 1 N–H and O–H groups in total. The van der Waals surface area contributed by atoms with E-state index in [1.54, 1.807) is 10.9 Å². The largest absolute Gasteiger partial charge is 0.377 e. The van der Waals surface area contributed by atoms with E-state index in [-0.39, 0.29) is 0 Å². The normalized spacial score (nSPS) is 22.2. The van der Waals surface area contributed by atoms with E-state index in [4.69, 9.17) is 9.47 Å². The lowest BCUT2D eigenvalue weighted by molar-refractivity contribution is -0.0765. The van der Waals surface area contributed by atoms with E-state index in [1.165, 1.54) is 26.0 Å². The minimum absolute atomic E-state index is 0.371. The third-order valence-electron chi connectivity index (χ3n) is 5.31. The SMILES string of the molecule is CO[C@H]1C[C@H](n2cnc3c(CCc4ccccc4)ncnc32)O[C@H]1N(C)S(=O)(=O)O. The van der Waals surface area contributed by atoms with Gasteiger partial charge in [0, 0.05) is 20.6 Å². The van der Waals surface area contributed by atoms with E-state index < -0.39 is 28.9 Å². The summed E-state index contributed by atoms with van der Waals surface area (Å²) >= 11 is 0. The van der Waals surface area contributed by atoms with Gasteiger partial charge in [-0.25, -0.2) is 15.0 Å². The first-order valence-electron chi connectivity index (χ1n) is 9.47. The van der Waals surface area contributed by atoms with Crippen molar-refractivity contribution in [1.82, 2.24) is 23.8 Å². The number of fused-ring (bicyclic) bond motifs is 1. The minimum Gasteiger partial charge on any atom is -0.377 e. The fourth-order valence-electron chi connectivity index (χ4n) is 3.66. The van der Waals surface area contributed by atoms with Gasteiger partial charge in [-0.15, -0.1) is 0 Å². The van der Waals surface area contributed by atoms with Crippen molar-refractivity contribution in [3.8, 4) is 0 Å². The van der Waals surface area contributed by atoms with Crippen molar-refractivity contribution in [3.05, 3.63) is 54.2 Å². The monoisotopic (exact) mass is 433 g/mol. The van der Waals surface area contributed by atoms with Crippen LogP contribution in [0.4, 0.5) is 0 Å². The molecular formula is C19H23N5O5S. The van der Waals surface area contributed by atoms with Crippen LogP contribution in [0.5, 0.6) is 0 Å². The van der Waals surface area contributed by atoms with Gasteiger partial charge in [0.05, 0.1) is 12.0 Å². The van der Waals surface area contributed by atoms with Crippen molar-refractivity contribution in [1.29, 1.82) is 0 Å². The number of hydrogen-bond acceptors (Lipinski definition) is 7. The quantitative estimate of drug-likeness (QED) is 0.558. The Morgan fingerprint density at radius 1 is 1.23 bits per heavy atom. The first-order chi connectivity index (χ1) is 14.4. The van der Waals surface area contributed by atoms with E-state index in [0.717, 1.165) is 16.4 Å². The molecule has 0 amide bonds. The molecule has 10 nitrogen and oxygen atoms in total. The Bertz CT molecular complexity index is 1120. The standard InChI is InChI=1S/C19H23N5O5S/c1-23(30(25,26)27)19-15(28-2)10-16(29-19)24-12-22-17-14(20-11-21-18(17)24)9-8-13-6-4-3-5-7-13/h3-7,11-12,15-16,19H,8-10H2,1-2H3,(H,25,26,27)/t15-,16+,19+/m0/s1. The summed E-state index contributed by atoms with van der Waals surface area (Å²) in [4.78, 5) is 13.2. The third-order valence-corrected chi connectivity index (χ3v) is 6.25. The van der Waals surface area contributed by atoms with E-state index in [0.29, 0.717) is 24.0 Å². The van der Waals surface area contributed by atoms with Crippen LogP contribution in [-0.2, 0) is 32.6 Å². The summed E-state index contributed by atoms with van der Waals surface area (Å²) in [5.74, 6) is 0. The van der Waals surface area contributed by atoms with Crippen molar-refractivity contribution >= 4 is 21.5 Å². The number of aromatic nitrogens is 4. The van der Waals surface area contributed by atoms with Gasteiger partial charge in [-0.2, -0.15) is 12.7 Å². The van der Waals surface area contributed by atoms with Gasteiger partial charge in [-0.05, 0) is 18.4 Å². The van der Waals surface area contributed by atoms with Gasteiger partial charge in [0.15, 0.2) is 11.9 Å². The number of nitrogens with zero attached hydrogens (tertiary/aromatic N) is 5. The second kappa shape index (κ2) is 8.36. The number of benzene rings is 1. The maximum atomic E-state index is 11.5. The molecule has 0 aliphatic carbocycles. The zero-order valence-corrected chi connectivity index (χ0v) is 17.4. The molecule has 1 fully saturated rings. The molecule has 2 aromatic heterocycles. The van der Waals surface area contributed by atoms with Gasteiger partial charge < -0.3 is 9.47 Å². The molecule has 30 heavy (non-hydrogen) atoms. The second-order valence-corrected chi connectivity index (χ2v) is 8.59. The van der Waals surface area contributed by atoms with E-state index in [9.17, 15) is 13.0 Å². The highest BCUT2D eigenvalue weighted by Crippen LogP contribution is 2.34. The first kappa shape index (κ1) is 20.8. The molecule has 0 spiro atoms. The number of rotatable bonds is 7. The number of aryl methyl sites for hydroxylation is 2. The van der Waals surface area contributed by atoms with Crippen LogP contribution in [0, 0.1) is 0 Å². The smallest absolute Gasteiger partial charge is 0.337 e. The predicted octanol–water partition coefficient (Wildman–Crippen LogP) is 1.61. The summed E-state index contributed by atoms with van der Waals surface area (Å²) in [6, 6.07) is 10.1. The predicted molar refractivity (Wildman–Crippen MR) is 108 cm³/mol. The Hall–Kier alpha value is -2.44. The van der Waals surface area contributed by atoms with Crippen LogP contribution in [0.2, 0.25) is 0 Å². The Balaban J connectivity index is 1.58. The topological polar surface area (TPSA) is 120 Å². The van der Waals surface area contributed by atoms with Gasteiger partial charge >= 0.3 is 10.3 Å². The zero-order chi connectivity index (χ0) is 21.3.